The van der Waals surface area contributed by atoms with Crippen LogP contribution in [0, 0.1) is 0 Å². The van der Waals surface area contributed by atoms with Crippen LogP contribution in [0.15, 0.2) is 0 Å². The lowest BCUT2D eigenvalue weighted by Gasteiger charge is -2.50. The highest BCUT2D eigenvalue weighted by molar-refractivity contribution is 5.73. The Bertz CT molecular complexity index is 1140. The molecule has 0 aromatic carbocycles. The van der Waals surface area contributed by atoms with Crippen molar-refractivity contribution in [1.82, 2.24) is 10.6 Å². The summed E-state index contributed by atoms with van der Waals surface area (Å²) in [6, 6.07) is -3.10. The van der Waals surface area contributed by atoms with Gasteiger partial charge in [-0.3, -0.25) is 9.59 Å². The van der Waals surface area contributed by atoms with Crippen molar-refractivity contribution in [1.29, 1.82) is 0 Å². The van der Waals surface area contributed by atoms with Crippen LogP contribution in [0.2, 0.25) is 0 Å². The van der Waals surface area contributed by atoms with E-state index in [9.17, 15) is 70.9 Å². The average molecular weight is 749 g/mol. The molecule has 23 nitrogen and oxygen atoms in total. The van der Waals surface area contributed by atoms with E-state index in [0.717, 1.165) is 13.8 Å². The SMILES string of the molecule is CC(=O)N[C@@H]1[C@@H](O[C@H]2O[C@H](CO)[C@@H](O)[C@H](O[C@@H]3O[C@H](CO)[C@H](O)[C@H](O[C@@H]4O[C@H](CO)[C@@H](O)[C@H](O)[C@@H]4O)[C@H]3O)[C@H]2NC(C)=O)[C@H](O)[C@@H](CO)O[C@H]1O. The Labute approximate surface area is 289 Å². The fourth-order valence-corrected chi connectivity index (χ4v) is 6.34. The second-order valence-corrected chi connectivity index (χ2v) is 12.6. The summed E-state index contributed by atoms with van der Waals surface area (Å²) in [4.78, 5) is 24.3. The number of ether oxygens (including phenoxy) is 7. The summed E-state index contributed by atoms with van der Waals surface area (Å²) in [5.41, 5.74) is 0. The molecule has 4 saturated heterocycles. The van der Waals surface area contributed by atoms with Gasteiger partial charge >= 0.3 is 0 Å². The maximum Gasteiger partial charge on any atom is 0.217 e. The summed E-state index contributed by atoms with van der Waals surface area (Å²) in [6.45, 7) is -1.31. The summed E-state index contributed by atoms with van der Waals surface area (Å²) >= 11 is 0. The highest BCUT2D eigenvalue weighted by atomic mass is 16.8. The predicted molar refractivity (Wildman–Crippen MR) is 157 cm³/mol. The molecule has 0 radical (unpaired) electrons. The number of aliphatic hydroxyl groups excluding tert-OH is 12. The summed E-state index contributed by atoms with van der Waals surface area (Å²) in [5, 5.41) is 130. The number of rotatable bonds is 12. The first kappa shape index (κ1) is 41.9. The van der Waals surface area contributed by atoms with Gasteiger partial charge in [0, 0.05) is 13.8 Å². The van der Waals surface area contributed by atoms with Crippen molar-refractivity contribution in [2.24, 2.45) is 0 Å². The average Bonchev–Trinajstić information content (AvgIpc) is 3.08. The van der Waals surface area contributed by atoms with Gasteiger partial charge in [-0.15, -0.1) is 0 Å². The first-order valence-corrected chi connectivity index (χ1v) is 16.1. The molecule has 51 heavy (non-hydrogen) atoms. The van der Waals surface area contributed by atoms with E-state index in [1.807, 2.05) is 0 Å². The lowest BCUT2D eigenvalue weighted by Crippen LogP contribution is -2.71. The number of hydrogen-bond donors (Lipinski definition) is 14. The van der Waals surface area contributed by atoms with Gasteiger partial charge in [-0.1, -0.05) is 0 Å². The molecule has 14 N–H and O–H groups in total. The van der Waals surface area contributed by atoms with Crippen molar-refractivity contribution in [3.63, 3.8) is 0 Å². The third-order valence-corrected chi connectivity index (χ3v) is 9.01. The molecule has 20 atom stereocenters. The second-order valence-electron chi connectivity index (χ2n) is 12.6. The van der Waals surface area contributed by atoms with Gasteiger partial charge in [0.2, 0.25) is 11.8 Å². The Morgan fingerprint density at radius 3 is 1.35 bits per heavy atom. The molecule has 0 aromatic heterocycles. The quantitative estimate of drug-likeness (QED) is 0.0881. The van der Waals surface area contributed by atoms with Crippen LogP contribution < -0.4 is 10.6 Å². The minimum atomic E-state index is -2.07. The van der Waals surface area contributed by atoms with Crippen LogP contribution in [-0.4, -0.2) is 222 Å². The number of aliphatic hydroxyl groups is 12. The molecule has 296 valence electrons. The van der Waals surface area contributed by atoms with Gasteiger partial charge in [0.25, 0.3) is 0 Å². The summed E-state index contributed by atoms with van der Waals surface area (Å²) < 4.78 is 39.2. The van der Waals surface area contributed by atoms with Crippen LogP contribution in [0.25, 0.3) is 0 Å². The van der Waals surface area contributed by atoms with Crippen molar-refractivity contribution in [2.75, 3.05) is 26.4 Å². The number of nitrogens with one attached hydrogen (secondary N) is 2. The Morgan fingerprint density at radius 1 is 0.471 bits per heavy atom. The van der Waals surface area contributed by atoms with Crippen LogP contribution >= 0.6 is 0 Å². The summed E-state index contributed by atoms with van der Waals surface area (Å²) in [5.74, 6) is -1.46. The van der Waals surface area contributed by atoms with E-state index in [0.29, 0.717) is 0 Å². The monoisotopic (exact) mass is 748 g/mol. The van der Waals surface area contributed by atoms with E-state index < -0.39 is 161 Å². The van der Waals surface area contributed by atoms with Gasteiger partial charge in [0.1, 0.15) is 97.5 Å². The van der Waals surface area contributed by atoms with E-state index in [2.05, 4.69) is 10.6 Å². The predicted octanol–water partition coefficient (Wildman–Crippen LogP) is -9.46. The maximum absolute atomic E-state index is 12.4. The molecule has 0 aliphatic carbocycles. The van der Waals surface area contributed by atoms with Crippen molar-refractivity contribution in [2.45, 2.75) is 137 Å². The first-order valence-electron chi connectivity index (χ1n) is 16.1. The van der Waals surface area contributed by atoms with E-state index in [4.69, 9.17) is 33.2 Å². The largest absolute Gasteiger partial charge is 0.394 e. The number of carbonyl (C=O) groups excluding carboxylic acids is 2. The standard InChI is InChI=1S/C28H48N2O21/c1-7(35)29-13-22(16(38)10(4-32)45-25(13)44)49-26-14(30-8(2)36)23(17(39)11(5-33)46-26)50-28-21(43)24(18(40)12(6-34)48-28)51-27-20(42)19(41)15(37)9(3-31)47-27/h9-28,31-34,37-44H,3-6H2,1-2H3,(H,29,35)(H,30,36)/t9-,10-,11-,12-,13-,14-,15-,16-,17-,18+,19+,20+,21-,22-,23-,24+,25-,26-,27+,28+/m1/s1. The normalized spacial score (nSPS) is 47.8. The van der Waals surface area contributed by atoms with E-state index in [1.54, 1.807) is 0 Å². The molecule has 0 aromatic rings. The second kappa shape index (κ2) is 18.0. The highest BCUT2D eigenvalue weighted by Gasteiger charge is 2.56. The summed E-state index contributed by atoms with van der Waals surface area (Å²) in [6.07, 6.45) is -31.9. The molecule has 4 rings (SSSR count). The molecular weight excluding hydrogens is 700 g/mol. The minimum absolute atomic E-state index is 0.691. The smallest absolute Gasteiger partial charge is 0.217 e. The molecule has 23 heteroatoms. The molecule has 4 aliphatic rings. The molecule has 0 saturated carbocycles. The molecule has 0 unspecified atom stereocenters. The van der Waals surface area contributed by atoms with Crippen LogP contribution in [0.3, 0.4) is 0 Å². The van der Waals surface area contributed by atoms with Crippen LogP contribution in [0.4, 0.5) is 0 Å². The Hall–Kier alpha value is -1.82. The Kier molecular flexibility index (Phi) is 14.8. The number of hydrogen-bond acceptors (Lipinski definition) is 21. The van der Waals surface area contributed by atoms with Crippen molar-refractivity contribution in [3.05, 3.63) is 0 Å². The van der Waals surface area contributed by atoms with Gasteiger partial charge in [0.15, 0.2) is 25.2 Å². The molecule has 2 amide bonds. The van der Waals surface area contributed by atoms with Crippen molar-refractivity contribution in [3.8, 4) is 0 Å². The first-order chi connectivity index (χ1) is 24.1. The molecular formula is C28H48N2O21. The lowest BCUT2D eigenvalue weighted by atomic mass is 9.93. The van der Waals surface area contributed by atoms with Crippen LogP contribution in [0.5, 0.6) is 0 Å². The zero-order valence-corrected chi connectivity index (χ0v) is 27.4. The van der Waals surface area contributed by atoms with E-state index in [-0.39, 0.29) is 0 Å². The maximum atomic E-state index is 12.4. The van der Waals surface area contributed by atoms with E-state index in [1.165, 1.54) is 0 Å². The van der Waals surface area contributed by atoms with Gasteiger partial charge in [-0.25, -0.2) is 0 Å². The minimum Gasteiger partial charge on any atom is -0.394 e. The topological polar surface area (TPSA) is 366 Å². The molecule has 4 heterocycles. The highest BCUT2D eigenvalue weighted by Crippen LogP contribution is 2.34. The van der Waals surface area contributed by atoms with Crippen molar-refractivity contribution < 1.29 is 104 Å². The number of carbonyl (C=O) groups is 2. The van der Waals surface area contributed by atoms with Gasteiger partial charge in [0.05, 0.1) is 26.4 Å². The lowest BCUT2D eigenvalue weighted by molar-refractivity contribution is -0.377. The van der Waals surface area contributed by atoms with Crippen molar-refractivity contribution >= 4 is 11.8 Å². The molecule has 0 spiro atoms. The van der Waals surface area contributed by atoms with Gasteiger partial charge < -0.3 is 105 Å². The molecule has 4 fully saturated rings. The van der Waals surface area contributed by atoms with Gasteiger partial charge in [-0.2, -0.15) is 0 Å². The molecule has 0 bridgehead atoms. The van der Waals surface area contributed by atoms with E-state index >= 15 is 0 Å². The fraction of sp³-hybridized carbons (Fsp3) is 0.929. The fourth-order valence-electron chi connectivity index (χ4n) is 6.34. The van der Waals surface area contributed by atoms with Crippen LogP contribution in [-0.2, 0) is 42.7 Å². The third-order valence-electron chi connectivity index (χ3n) is 9.01. The molecule has 4 aliphatic heterocycles. The Balaban J connectivity index is 1.64. The van der Waals surface area contributed by atoms with Gasteiger partial charge in [-0.05, 0) is 0 Å². The Morgan fingerprint density at radius 2 is 0.843 bits per heavy atom. The third kappa shape index (κ3) is 9.11. The number of amides is 2. The van der Waals surface area contributed by atoms with Crippen LogP contribution in [0.1, 0.15) is 13.8 Å². The zero-order valence-electron chi connectivity index (χ0n) is 27.4. The zero-order chi connectivity index (χ0) is 37.9. The summed E-state index contributed by atoms with van der Waals surface area (Å²) in [7, 11) is 0.